The van der Waals surface area contributed by atoms with Crippen molar-refractivity contribution in [3.63, 3.8) is 0 Å². The third-order valence-corrected chi connectivity index (χ3v) is 1.40. The van der Waals surface area contributed by atoms with E-state index in [4.69, 9.17) is 14.6 Å². The van der Waals surface area contributed by atoms with E-state index in [1.54, 1.807) is 0 Å². The zero-order chi connectivity index (χ0) is 9.40. The summed E-state index contributed by atoms with van der Waals surface area (Å²) in [6, 6.07) is 0. The quantitative estimate of drug-likeness (QED) is 0.592. The van der Waals surface area contributed by atoms with Crippen LogP contribution in [-0.4, -0.2) is 37.1 Å². The molecule has 0 spiro atoms. The molecule has 74 valence electrons. The largest absolute Gasteiger partial charge is 0.394 e. The molecule has 0 amide bonds. The molecule has 3 nitrogen and oxygen atoms in total. The summed E-state index contributed by atoms with van der Waals surface area (Å²) >= 11 is 0. The summed E-state index contributed by atoms with van der Waals surface area (Å²) in [7, 11) is 0. The molecule has 0 fully saturated rings. The van der Waals surface area contributed by atoms with Crippen molar-refractivity contribution >= 4 is 0 Å². The first-order valence-electron chi connectivity index (χ1n) is 4.51. The third-order valence-electron chi connectivity index (χ3n) is 1.40. The van der Waals surface area contributed by atoms with Gasteiger partial charge in [0.05, 0.1) is 18.8 Å². The van der Waals surface area contributed by atoms with Gasteiger partial charge in [-0.3, -0.25) is 0 Å². The van der Waals surface area contributed by atoms with Gasteiger partial charge in [0.2, 0.25) is 0 Å². The molecule has 0 bridgehead atoms. The van der Waals surface area contributed by atoms with Gasteiger partial charge in [0, 0.05) is 13.2 Å². The Kier molecular flexibility index (Phi) is 7.45. The number of hydrogen-bond acceptors (Lipinski definition) is 3. The van der Waals surface area contributed by atoms with Gasteiger partial charge in [-0.05, 0) is 27.2 Å². The number of rotatable bonds is 7. The molecule has 0 saturated carbocycles. The number of aliphatic hydroxyl groups is 1. The number of hydrogen-bond donors (Lipinski definition) is 1. The van der Waals surface area contributed by atoms with E-state index in [1.165, 1.54) is 0 Å². The van der Waals surface area contributed by atoms with Crippen LogP contribution in [0.2, 0.25) is 0 Å². The number of ether oxygens (including phenoxy) is 2. The van der Waals surface area contributed by atoms with Crippen molar-refractivity contribution in [2.45, 2.75) is 39.4 Å². The van der Waals surface area contributed by atoms with Crippen LogP contribution >= 0.6 is 0 Å². The highest BCUT2D eigenvalue weighted by molar-refractivity contribution is 4.45. The number of aliphatic hydroxyl groups excluding tert-OH is 1. The summed E-state index contributed by atoms with van der Waals surface area (Å²) in [5.74, 6) is 0. The highest BCUT2D eigenvalue weighted by Gasteiger charge is 1.98. The average Bonchev–Trinajstić information content (AvgIpc) is 2.03. The van der Waals surface area contributed by atoms with E-state index < -0.39 is 0 Å². The second-order valence-electron chi connectivity index (χ2n) is 3.14. The Balaban J connectivity index is 3.00. The van der Waals surface area contributed by atoms with Crippen molar-refractivity contribution in [1.82, 2.24) is 0 Å². The summed E-state index contributed by atoms with van der Waals surface area (Å²) in [4.78, 5) is 0. The lowest BCUT2D eigenvalue weighted by molar-refractivity contribution is 0.00472. The van der Waals surface area contributed by atoms with Crippen molar-refractivity contribution in [3.05, 3.63) is 0 Å². The molecule has 0 saturated heterocycles. The van der Waals surface area contributed by atoms with Crippen LogP contribution in [0.4, 0.5) is 0 Å². The van der Waals surface area contributed by atoms with Crippen LogP contribution in [0.25, 0.3) is 0 Å². The fraction of sp³-hybridized carbons (Fsp3) is 1.00. The molecule has 1 atom stereocenters. The van der Waals surface area contributed by atoms with Crippen molar-refractivity contribution in [2.24, 2.45) is 0 Å². The molecule has 0 aliphatic rings. The SMILES string of the molecule is CC(C)OCCCOC(C)CO. The zero-order valence-corrected chi connectivity index (χ0v) is 8.25. The monoisotopic (exact) mass is 176 g/mol. The molecule has 0 radical (unpaired) electrons. The molecule has 0 heterocycles. The van der Waals surface area contributed by atoms with Crippen molar-refractivity contribution in [2.75, 3.05) is 19.8 Å². The van der Waals surface area contributed by atoms with Gasteiger partial charge in [-0.1, -0.05) is 0 Å². The van der Waals surface area contributed by atoms with Crippen molar-refractivity contribution < 1.29 is 14.6 Å². The molecule has 1 N–H and O–H groups in total. The first-order chi connectivity index (χ1) is 5.66. The van der Waals surface area contributed by atoms with Gasteiger partial charge in [-0.25, -0.2) is 0 Å². The maximum atomic E-state index is 8.62. The van der Waals surface area contributed by atoms with Crippen LogP contribution in [0.3, 0.4) is 0 Å². The molecule has 0 aromatic rings. The first-order valence-corrected chi connectivity index (χ1v) is 4.51. The first kappa shape index (κ1) is 11.9. The molecule has 12 heavy (non-hydrogen) atoms. The van der Waals surface area contributed by atoms with Crippen LogP contribution in [-0.2, 0) is 9.47 Å². The fourth-order valence-electron chi connectivity index (χ4n) is 0.715. The molecule has 0 rings (SSSR count). The van der Waals surface area contributed by atoms with E-state index >= 15 is 0 Å². The summed E-state index contributed by atoms with van der Waals surface area (Å²) in [6.45, 7) is 7.35. The van der Waals surface area contributed by atoms with E-state index in [2.05, 4.69) is 0 Å². The highest BCUT2D eigenvalue weighted by atomic mass is 16.5. The van der Waals surface area contributed by atoms with Gasteiger partial charge >= 0.3 is 0 Å². The fourth-order valence-corrected chi connectivity index (χ4v) is 0.715. The molecule has 0 aliphatic heterocycles. The van der Waals surface area contributed by atoms with Crippen LogP contribution in [0.15, 0.2) is 0 Å². The van der Waals surface area contributed by atoms with Gasteiger partial charge in [0.25, 0.3) is 0 Å². The normalized spacial score (nSPS) is 13.8. The maximum Gasteiger partial charge on any atom is 0.0777 e. The van der Waals surface area contributed by atoms with Gasteiger partial charge in [-0.15, -0.1) is 0 Å². The molecule has 0 aliphatic carbocycles. The lowest BCUT2D eigenvalue weighted by Crippen LogP contribution is -2.15. The summed E-state index contributed by atoms with van der Waals surface area (Å²) in [5, 5.41) is 8.62. The molecule has 0 aromatic carbocycles. The highest BCUT2D eigenvalue weighted by Crippen LogP contribution is 1.94. The molecular formula is C9H20O3. The van der Waals surface area contributed by atoms with Gasteiger partial charge in [-0.2, -0.15) is 0 Å². The van der Waals surface area contributed by atoms with E-state index in [9.17, 15) is 0 Å². The van der Waals surface area contributed by atoms with E-state index in [1.807, 2.05) is 20.8 Å². The van der Waals surface area contributed by atoms with Crippen LogP contribution < -0.4 is 0 Å². The predicted molar refractivity (Wildman–Crippen MR) is 48.2 cm³/mol. The van der Waals surface area contributed by atoms with Crippen LogP contribution in [0.5, 0.6) is 0 Å². The van der Waals surface area contributed by atoms with E-state index in [0.717, 1.165) is 13.0 Å². The Morgan fingerprint density at radius 1 is 1.08 bits per heavy atom. The van der Waals surface area contributed by atoms with Gasteiger partial charge in [0.1, 0.15) is 0 Å². The van der Waals surface area contributed by atoms with Gasteiger partial charge < -0.3 is 14.6 Å². The molecule has 1 unspecified atom stereocenters. The lowest BCUT2D eigenvalue weighted by Gasteiger charge is -2.10. The smallest absolute Gasteiger partial charge is 0.0777 e. The topological polar surface area (TPSA) is 38.7 Å². The van der Waals surface area contributed by atoms with Crippen molar-refractivity contribution in [3.8, 4) is 0 Å². The van der Waals surface area contributed by atoms with E-state index in [0.29, 0.717) is 12.7 Å². The minimum absolute atomic E-state index is 0.0518. The van der Waals surface area contributed by atoms with E-state index in [-0.39, 0.29) is 12.7 Å². The summed E-state index contributed by atoms with van der Waals surface area (Å²) in [6.07, 6.45) is 1.13. The summed E-state index contributed by atoms with van der Waals surface area (Å²) < 4.78 is 10.6. The van der Waals surface area contributed by atoms with Crippen LogP contribution in [0.1, 0.15) is 27.2 Å². The predicted octanol–water partition coefficient (Wildman–Crippen LogP) is 1.20. The maximum absolute atomic E-state index is 8.62. The average molecular weight is 176 g/mol. The second-order valence-corrected chi connectivity index (χ2v) is 3.14. The third kappa shape index (κ3) is 7.98. The zero-order valence-electron chi connectivity index (χ0n) is 8.25. The Bertz CT molecular complexity index is 93.8. The standard InChI is InChI=1S/C9H20O3/c1-8(2)11-5-4-6-12-9(3)7-10/h8-10H,4-7H2,1-3H3. The van der Waals surface area contributed by atoms with Gasteiger partial charge in [0.15, 0.2) is 0 Å². The van der Waals surface area contributed by atoms with Crippen molar-refractivity contribution in [1.29, 1.82) is 0 Å². The molecule has 3 heteroatoms. The Hall–Kier alpha value is -0.120. The Morgan fingerprint density at radius 3 is 2.17 bits per heavy atom. The summed E-state index contributed by atoms with van der Waals surface area (Å²) in [5.41, 5.74) is 0. The van der Waals surface area contributed by atoms with Crippen LogP contribution in [0, 0.1) is 0 Å². The Labute approximate surface area is 74.7 Å². The molecule has 0 aromatic heterocycles. The molecular weight excluding hydrogens is 156 g/mol. The lowest BCUT2D eigenvalue weighted by atomic mass is 10.4. The Morgan fingerprint density at radius 2 is 1.67 bits per heavy atom. The minimum Gasteiger partial charge on any atom is -0.394 e. The minimum atomic E-state index is -0.0518. The second kappa shape index (κ2) is 7.53.